The molecule has 0 bridgehead atoms. The Morgan fingerprint density at radius 3 is 2.66 bits per heavy atom. The van der Waals surface area contributed by atoms with Crippen molar-refractivity contribution in [2.24, 2.45) is 10.9 Å². The molecule has 0 spiro atoms. The van der Waals surface area contributed by atoms with Crippen LogP contribution in [-0.4, -0.2) is 67.6 Å². The lowest BCUT2D eigenvalue weighted by atomic mass is 10.1. The number of aliphatic imine (C=N–C) groups is 1. The minimum Gasteiger partial charge on any atom is -0.389 e. The van der Waals surface area contributed by atoms with Crippen molar-refractivity contribution in [1.29, 1.82) is 0 Å². The highest BCUT2D eigenvalue weighted by atomic mass is 127. The molecule has 7 nitrogen and oxygen atoms in total. The van der Waals surface area contributed by atoms with E-state index in [-0.39, 0.29) is 24.0 Å². The lowest BCUT2D eigenvalue weighted by Gasteiger charge is -2.34. The van der Waals surface area contributed by atoms with Gasteiger partial charge in [-0.2, -0.15) is 0 Å². The monoisotopic (exact) mass is 519 g/mol. The molecule has 1 aromatic rings. The van der Waals surface area contributed by atoms with E-state index in [4.69, 9.17) is 4.74 Å². The van der Waals surface area contributed by atoms with Crippen molar-refractivity contribution in [3.05, 3.63) is 23.9 Å². The summed E-state index contributed by atoms with van der Waals surface area (Å²) in [7, 11) is 0. The first-order valence-corrected chi connectivity index (χ1v) is 10.5. The first-order chi connectivity index (χ1) is 13.5. The van der Waals surface area contributed by atoms with E-state index in [1.165, 1.54) is 0 Å². The smallest absolute Gasteiger partial charge is 0.191 e. The lowest BCUT2D eigenvalue weighted by Crippen LogP contribution is -2.49. The fraction of sp³-hybridized carbons (Fsp3) is 0.714. The molecule has 2 heterocycles. The summed E-state index contributed by atoms with van der Waals surface area (Å²) in [6.45, 7) is 12.3. The van der Waals surface area contributed by atoms with Crippen LogP contribution in [0.3, 0.4) is 0 Å². The Bertz CT molecular complexity index is 606. The molecular weight excluding hydrogens is 481 g/mol. The molecule has 0 aliphatic carbocycles. The largest absolute Gasteiger partial charge is 0.389 e. The van der Waals surface area contributed by atoms with Crippen LogP contribution in [0.5, 0.6) is 0 Å². The predicted octanol–water partition coefficient (Wildman–Crippen LogP) is 2.57. The van der Waals surface area contributed by atoms with Crippen LogP contribution in [0, 0.1) is 12.8 Å². The summed E-state index contributed by atoms with van der Waals surface area (Å²) in [5.74, 6) is 2.29. The van der Waals surface area contributed by atoms with Crippen LogP contribution < -0.4 is 15.5 Å². The summed E-state index contributed by atoms with van der Waals surface area (Å²) in [6.07, 6.45) is 1.48. The average Bonchev–Trinajstić information content (AvgIpc) is 2.66. The van der Waals surface area contributed by atoms with E-state index in [2.05, 4.69) is 51.5 Å². The molecule has 0 amide bonds. The van der Waals surface area contributed by atoms with Crippen molar-refractivity contribution in [1.82, 2.24) is 15.6 Å². The van der Waals surface area contributed by atoms with Gasteiger partial charge in [-0.05, 0) is 44.7 Å². The number of rotatable bonds is 9. The fourth-order valence-electron chi connectivity index (χ4n) is 3.16. The van der Waals surface area contributed by atoms with Crippen molar-refractivity contribution < 1.29 is 9.84 Å². The number of aromatic nitrogens is 1. The Labute approximate surface area is 192 Å². The second-order valence-corrected chi connectivity index (χ2v) is 7.85. The number of nitrogens with zero attached hydrogens (tertiary/aromatic N) is 3. The van der Waals surface area contributed by atoms with Gasteiger partial charge in [0.25, 0.3) is 0 Å². The van der Waals surface area contributed by atoms with Gasteiger partial charge >= 0.3 is 0 Å². The molecule has 0 saturated carbocycles. The van der Waals surface area contributed by atoms with Crippen LogP contribution in [0.15, 0.2) is 23.2 Å². The Kier molecular flexibility index (Phi) is 12.5. The van der Waals surface area contributed by atoms with Gasteiger partial charge in [-0.15, -0.1) is 24.0 Å². The first-order valence-electron chi connectivity index (χ1n) is 10.5. The number of guanidine groups is 1. The number of piperidine rings is 1. The number of hydrogen-bond acceptors (Lipinski definition) is 5. The standard InChI is InChI=1S/C21H37N5O2.HI/c1-5-22-21(23-13-19(27)15-28-14-16(2)3)25-18-9-11-26(12-10-18)20-8-6-7-17(4)24-20;/h6-8,16,18-19,27H,5,9-15H2,1-4H3,(H2,22,23,25);1H. The molecule has 166 valence electrons. The molecule has 1 unspecified atom stereocenters. The summed E-state index contributed by atoms with van der Waals surface area (Å²) in [4.78, 5) is 11.5. The van der Waals surface area contributed by atoms with E-state index in [9.17, 15) is 5.11 Å². The Morgan fingerprint density at radius 1 is 1.31 bits per heavy atom. The molecule has 8 heteroatoms. The summed E-state index contributed by atoms with van der Waals surface area (Å²) < 4.78 is 5.49. The molecule has 2 rings (SSSR count). The zero-order valence-electron chi connectivity index (χ0n) is 18.2. The predicted molar refractivity (Wildman–Crippen MR) is 130 cm³/mol. The third-order valence-electron chi connectivity index (χ3n) is 4.60. The number of halogens is 1. The minimum atomic E-state index is -0.580. The number of pyridine rings is 1. The fourth-order valence-corrected chi connectivity index (χ4v) is 3.16. The Morgan fingerprint density at radius 2 is 2.03 bits per heavy atom. The molecule has 1 fully saturated rings. The second-order valence-electron chi connectivity index (χ2n) is 7.85. The summed E-state index contributed by atoms with van der Waals surface area (Å²) >= 11 is 0. The molecule has 3 N–H and O–H groups in total. The highest BCUT2D eigenvalue weighted by Gasteiger charge is 2.21. The van der Waals surface area contributed by atoms with Crippen LogP contribution in [0.4, 0.5) is 5.82 Å². The van der Waals surface area contributed by atoms with Crippen LogP contribution in [0.25, 0.3) is 0 Å². The maximum Gasteiger partial charge on any atom is 0.191 e. The molecule has 1 saturated heterocycles. The number of ether oxygens (including phenoxy) is 1. The van der Waals surface area contributed by atoms with Crippen LogP contribution in [0.1, 0.15) is 39.3 Å². The number of aryl methyl sites for hydroxylation is 1. The van der Waals surface area contributed by atoms with Gasteiger partial charge < -0.3 is 25.4 Å². The van der Waals surface area contributed by atoms with Crippen molar-refractivity contribution >= 4 is 35.8 Å². The number of anilines is 1. The first kappa shape index (κ1) is 25.9. The zero-order valence-corrected chi connectivity index (χ0v) is 20.6. The van der Waals surface area contributed by atoms with Crippen LogP contribution in [-0.2, 0) is 4.74 Å². The van der Waals surface area contributed by atoms with Gasteiger partial charge in [-0.25, -0.2) is 4.98 Å². The summed E-state index contributed by atoms with van der Waals surface area (Å²) in [5.41, 5.74) is 1.05. The van der Waals surface area contributed by atoms with Crippen LogP contribution in [0.2, 0.25) is 0 Å². The minimum absolute atomic E-state index is 0. The average molecular weight is 519 g/mol. The van der Waals surface area contributed by atoms with E-state index in [0.717, 1.165) is 49.9 Å². The van der Waals surface area contributed by atoms with Crippen molar-refractivity contribution in [2.75, 3.05) is 44.3 Å². The highest BCUT2D eigenvalue weighted by Crippen LogP contribution is 2.18. The third kappa shape index (κ3) is 9.95. The van der Waals surface area contributed by atoms with Gasteiger partial charge in [0.2, 0.25) is 0 Å². The maximum absolute atomic E-state index is 10.1. The normalized spacial score (nSPS) is 16.5. The maximum atomic E-state index is 10.1. The number of aliphatic hydroxyl groups is 1. The molecule has 1 aromatic heterocycles. The van der Waals surface area contributed by atoms with Gasteiger partial charge in [-0.3, -0.25) is 4.99 Å². The third-order valence-corrected chi connectivity index (χ3v) is 4.60. The number of nitrogens with one attached hydrogen (secondary N) is 2. The van der Waals surface area contributed by atoms with Crippen molar-refractivity contribution in [3.63, 3.8) is 0 Å². The molecular formula is C21H38IN5O2. The van der Waals surface area contributed by atoms with E-state index < -0.39 is 6.10 Å². The molecule has 29 heavy (non-hydrogen) atoms. The van der Waals surface area contributed by atoms with Crippen molar-refractivity contribution in [3.8, 4) is 0 Å². The van der Waals surface area contributed by atoms with Gasteiger partial charge in [0.05, 0.1) is 19.3 Å². The van der Waals surface area contributed by atoms with E-state index in [1.807, 2.05) is 19.9 Å². The molecule has 0 aromatic carbocycles. The van der Waals surface area contributed by atoms with Gasteiger partial charge in [0.1, 0.15) is 5.82 Å². The van der Waals surface area contributed by atoms with E-state index in [0.29, 0.717) is 31.7 Å². The molecule has 1 aliphatic rings. The van der Waals surface area contributed by atoms with E-state index in [1.54, 1.807) is 0 Å². The van der Waals surface area contributed by atoms with Crippen LogP contribution >= 0.6 is 24.0 Å². The number of aliphatic hydroxyl groups excluding tert-OH is 1. The Balaban J connectivity index is 0.00000420. The summed E-state index contributed by atoms with van der Waals surface area (Å²) in [5, 5.41) is 16.8. The second kappa shape index (κ2) is 14.0. The SMILES string of the molecule is CCNC(=NCC(O)COCC(C)C)NC1CCN(c2cccc(C)n2)CC1.I. The molecule has 0 radical (unpaired) electrons. The van der Waals surface area contributed by atoms with Gasteiger partial charge in [-0.1, -0.05) is 19.9 Å². The highest BCUT2D eigenvalue weighted by molar-refractivity contribution is 14.0. The van der Waals surface area contributed by atoms with Gasteiger partial charge in [0, 0.05) is 38.0 Å². The molecule has 1 atom stereocenters. The number of hydrogen-bond donors (Lipinski definition) is 3. The Hall–Kier alpha value is -1.13. The molecule has 1 aliphatic heterocycles. The topological polar surface area (TPSA) is 82.0 Å². The van der Waals surface area contributed by atoms with Crippen molar-refractivity contribution in [2.45, 2.75) is 52.7 Å². The zero-order chi connectivity index (χ0) is 20.4. The quantitative estimate of drug-likeness (QED) is 0.265. The van der Waals surface area contributed by atoms with Gasteiger partial charge in [0.15, 0.2) is 5.96 Å². The summed E-state index contributed by atoms with van der Waals surface area (Å²) in [6, 6.07) is 6.54. The van der Waals surface area contributed by atoms with E-state index >= 15 is 0 Å². The lowest BCUT2D eigenvalue weighted by molar-refractivity contribution is 0.0301.